The molecule has 5 heteroatoms. The van der Waals surface area contributed by atoms with Crippen molar-refractivity contribution in [1.82, 2.24) is 4.57 Å². The Labute approximate surface area is 127 Å². The average molecular weight is 391 g/mol. The van der Waals surface area contributed by atoms with Crippen LogP contribution in [0.5, 0.6) is 0 Å². The lowest BCUT2D eigenvalue weighted by molar-refractivity contribution is 0.749. The van der Waals surface area contributed by atoms with Crippen LogP contribution in [0.4, 0.5) is 0 Å². The van der Waals surface area contributed by atoms with E-state index in [1.807, 2.05) is 24.3 Å². The molecule has 0 fully saturated rings. The third kappa shape index (κ3) is 3.05. The minimum atomic E-state index is -0.00261. The highest BCUT2D eigenvalue weighted by Crippen LogP contribution is 2.22. The Morgan fingerprint density at radius 3 is 2.61 bits per heavy atom. The van der Waals surface area contributed by atoms with Gasteiger partial charge in [-0.15, -0.1) is 0 Å². The molecule has 18 heavy (non-hydrogen) atoms. The summed E-state index contributed by atoms with van der Waals surface area (Å²) >= 11 is 12.9. The zero-order chi connectivity index (χ0) is 13.3. The second-order valence-corrected chi connectivity index (χ2v) is 6.25. The van der Waals surface area contributed by atoms with Gasteiger partial charge < -0.3 is 4.57 Å². The van der Waals surface area contributed by atoms with Crippen LogP contribution in [-0.4, -0.2) is 4.57 Å². The molecule has 0 saturated heterocycles. The van der Waals surface area contributed by atoms with Crippen LogP contribution >= 0.6 is 43.5 Å². The number of hydrogen-bond donors (Lipinski definition) is 0. The molecule has 2 nitrogen and oxygen atoms in total. The third-order valence-corrected chi connectivity index (χ3v) is 3.87. The number of nitrogens with zero attached hydrogens (tertiary/aromatic N) is 1. The van der Waals surface area contributed by atoms with Gasteiger partial charge in [-0.3, -0.25) is 4.79 Å². The molecule has 0 saturated carbocycles. The van der Waals surface area contributed by atoms with Crippen molar-refractivity contribution in [1.29, 1.82) is 0 Å². The molecule has 1 aromatic heterocycles. The van der Waals surface area contributed by atoms with Gasteiger partial charge in [-0.2, -0.15) is 0 Å². The van der Waals surface area contributed by atoms with E-state index in [2.05, 4.69) is 31.9 Å². The van der Waals surface area contributed by atoms with E-state index in [1.54, 1.807) is 17.7 Å². The maximum absolute atomic E-state index is 12.0. The van der Waals surface area contributed by atoms with Gasteiger partial charge in [0.1, 0.15) is 0 Å². The minimum Gasteiger partial charge on any atom is -0.310 e. The maximum Gasteiger partial charge on any atom is 0.253 e. The van der Waals surface area contributed by atoms with Crippen LogP contribution < -0.4 is 5.56 Å². The van der Waals surface area contributed by atoms with Crippen LogP contribution in [0.25, 0.3) is 0 Å². The lowest BCUT2D eigenvalue weighted by Crippen LogP contribution is -2.22. The molecular weight excluding hydrogens is 381 g/mol. The summed E-state index contributed by atoms with van der Waals surface area (Å²) < 4.78 is 3.45. The van der Waals surface area contributed by atoms with Crippen LogP contribution in [0.1, 0.15) is 11.1 Å². The molecule has 0 aliphatic heterocycles. The smallest absolute Gasteiger partial charge is 0.253 e. The summed E-state index contributed by atoms with van der Waals surface area (Å²) in [5, 5.41) is 0.647. The molecule has 0 aliphatic carbocycles. The van der Waals surface area contributed by atoms with Gasteiger partial charge in [0.15, 0.2) is 0 Å². The van der Waals surface area contributed by atoms with E-state index in [-0.39, 0.29) is 5.56 Å². The summed E-state index contributed by atoms with van der Waals surface area (Å²) in [6.45, 7) is 2.26. The van der Waals surface area contributed by atoms with Crippen LogP contribution in [-0.2, 0) is 6.54 Å². The largest absolute Gasteiger partial charge is 0.310 e. The van der Waals surface area contributed by atoms with Crippen molar-refractivity contribution in [3.63, 3.8) is 0 Å². The fourth-order valence-electron chi connectivity index (χ4n) is 1.69. The monoisotopic (exact) mass is 389 g/mol. The van der Waals surface area contributed by atoms with Gasteiger partial charge in [0.05, 0.1) is 6.54 Å². The highest BCUT2D eigenvalue weighted by Gasteiger charge is 2.06. The number of hydrogen-bond acceptors (Lipinski definition) is 1. The number of aromatic nitrogens is 1. The molecule has 0 spiro atoms. The highest BCUT2D eigenvalue weighted by atomic mass is 79.9. The van der Waals surface area contributed by atoms with Crippen molar-refractivity contribution < 1.29 is 0 Å². The number of aryl methyl sites for hydroxylation is 1. The average Bonchev–Trinajstić information content (AvgIpc) is 2.29. The molecule has 1 heterocycles. The van der Waals surface area contributed by atoms with Gasteiger partial charge in [0.2, 0.25) is 0 Å². The van der Waals surface area contributed by atoms with Crippen molar-refractivity contribution in [2.75, 3.05) is 0 Å². The predicted molar refractivity (Wildman–Crippen MR) is 81.4 cm³/mol. The molecule has 0 radical (unpaired) electrons. The SMILES string of the molecule is Cc1cc(Br)cn(Cc2ccc(Br)cc2Cl)c1=O. The minimum absolute atomic E-state index is 0.00261. The Balaban J connectivity index is 2.43. The van der Waals surface area contributed by atoms with Crippen molar-refractivity contribution >= 4 is 43.5 Å². The quantitative estimate of drug-likeness (QED) is 0.745. The number of halogens is 3. The highest BCUT2D eigenvalue weighted by molar-refractivity contribution is 9.10. The van der Waals surface area contributed by atoms with Crippen molar-refractivity contribution in [2.45, 2.75) is 13.5 Å². The van der Waals surface area contributed by atoms with Gasteiger partial charge >= 0.3 is 0 Å². The Kier molecular flexibility index (Phi) is 4.30. The van der Waals surface area contributed by atoms with Crippen molar-refractivity contribution in [2.24, 2.45) is 0 Å². The summed E-state index contributed by atoms with van der Waals surface area (Å²) in [6, 6.07) is 7.46. The van der Waals surface area contributed by atoms with Crippen molar-refractivity contribution in [3.05, 3.63) is 65.9 Å². The van der Waals surface area contributed by atoms with Crippen LogP contribution in [0.2, 0.25) is 5.02 Å². The van der Waals surface area contributed by atoms with Gasteiger partial charge in [0, 0.05) is 25.7 Å². The molecule has 0 aliphatic rings. The van der Waals surface area contributed by atoms with E-state index in [9.17, 15) is 4.79 Å². The summed E-state index contributed by atoms with van der Waals surface area (Å²) in [5.41, 5.74) is 1.62. The molecule has 0 atom stereocenters. The van der Waals surface area contributed by atoms with E-state index < -0.39 is 0 Å². The van der Waals surface area contributed by atoms with E-state index in [0.717, 1.165) is 14.5 Å². The molecule has 94 valence electrons. The topological polar surface area (TPSA) is 22.0 Å². The lowest BCUT2D eigenvalue weighted by atomic mass is 10.2. The van der Waals surface area contributed by atoms with Crippen LogP contribution in [0, 0.1) is 6.92 Å². The number of benzene rings is 1. The standard InChI is InChI=1S/C13H10Br2ClNO/c1-8-4-11(15)7-17(13(8)18)6-9-2-3-10(14)5-12(9)16/h2-5,7H,6H2,1H3. The second-order valence-electron chi connectivity index (χ2n) is 4.01. The molecule has 0 unspecified atom stereocenters. The molecule has 1 aromatic carbocycles. The second kappa shape index (κ2) is 5.59. The third-order valence-electron chi connectivity index (χ3n) is 2.59. The van der Waals surface area contributed by atoms with Gasteiger partial charge in [0.25, 0.3) is 5.56 Å². The van der Waals surface area contributed by atoms with Gasteiger partial charge in [-0.1, -0.05) is 33.6 Å². The summed E-state index contributed by atoms with van der Waals surface area (Å²) in [4.78, 5) is 12.0. The Bertz CT molecular complexity index is 652. The molecule has 2 rings (SSSR count). The fraction of sp³-hybridized carbons (Fsp3) is 0.154. The molecule has 0 amide bonds. The number of rotatable bonds is 2. The predicted octanol–water partition coefficient (Wildman–Crippen LogP) is 4.38. The summed E-state index contributed by atoms with van der Waals surface area (Å²) in [6.07, 6.45) is 1.77. The van der Waals surface area contributed by atoms with E-state index >= 15 is 0 Å². The van der Waals surface area contributed by atoms with Gasteiger partial charge in [-0.25, -0.2) is 0 Å². The normalized spacial score (nSPS) is 10.7. The number of pyridine rings is 1. The zero-order valence-electron chi connectivity index (χ0n) is 9.58. The first-order chi connectivity index (χ1) is 8.47. The van der Waals surface area contributed by atoms with Crippen molar-refractivity contribution in [3.8, 4) is 0 Å². The fourth-order valence-corrected chi connectivity index (χ4v) is 3.01. The molecule has 0 bridgehead atoms. The van der Waals surface area contributed by atoms with Gasteiger partial charge in [-0.05, 0) is 46.6 Å². The van der Waals surface area contributed by atoms with E-state index in [0.29, 0.717) is 17.1 Å². The first-order valence-corrected chi connectivity index (χ1v) is 7.24. The summed E-state index contributed by atoms with van der Waals surface area (Å²) in [5.74, 6) is 0. The maximum atomic E-state index is 12.0. The van der Waals surface area contributed by atoms with E-state index in [4.69, 9.17) is 11.6 Å². The van der Waals surface area contributed by atoms with Crippen LogP contribution in [0.3, 0.4) is 0 Å². The molecule has 2 aromatic rings. The molecule has 0 N–H and O–H groups in total. The Morgan fingerprint density at radius 1 is 1.22 bits per heavy atom. The first kappa shape index (κ1) is 13.8. The molecular formula is C13H10Br2ClNO. The van der Waals surface area contributed by atoms with E-state index in [1.165, 1.54) is 0 Å². The summed E-state index contributed by atoms with van der Waals surface area (Å²) in [7, 11) is 0. The Morgan fingerprint density at radius 2 is 1.94 bits per heavy atom. The van der Waals surface area contributed by atoms with Crippen LogP contribution in [0.15, 0.2) is 44.2 Å². The Hall–Kier alpha value is -0.580. The lowest BCUT2D eigenvalue weighted by Gasteiger charge is -2.09. The zero-order valence-corrected chi connectivity index (χ0v) is 13.5. The first-order valence-electron chi connectivity index (χ1n) is 5.28.